The second-order valence-corrected chi connectivity index (χ2v) is 22.3. The Kier molecular flexibility index (Phi) is 36.7. The van der Waals surface area contributed by atoms with Crippen molar-refractivity contribution >= 4 is 46.7 Å². The van der Waals surface area contributed by atoms with E-state index in [1.165, 1.54) is 36.9 Å². The summed E-state index contributed by atoms with van der Waals surface area (Å²) in [4.78, 5) is 82.0. The van der Waals surface area contributed by atoms with Crippen molar-refractivity contribution in [3.8, 4) is 5.75 Å². The van der Waals surface area contributed by atoms with Crippen LogP contribution >= 0.6 is 12.0 Å². The van der Waals surface area contributed by atoms with E-state index in [1.807, 2.05) is 149 Å². The van der Waals surface area contributed by atoms with Gasteiger partial charge in [0, 0.05) is 75.7 Å². The van der Waals surface area contributed by atoms with Crippen LogP contribution in [0.15, 0.2) is 175 Å². The first-order valence-corrected chi connectivity index (χ1v) is 29.1. The maximum Gasteiger partial charge on any atom is 0.183 e. The number of hydrogen-bond acceptors (Lipinski definition) is 12. The van der Waals surface area contributed by atoms with Gasteiger partial charge in [-0.15, -0.1) is 0 Å². The predicted molar refractivity (Wildman–Crippen MR) is 339 cm³/mol. The number of methoxy groups -OCH3 is 1. The summed E-state index contributed by atoms with van der Waals surface area (Å²) >= 11 is 1.05. The highest BCUT2D eigenvalue weighted by Crippen LogP contribution is 2.26. The first-order valence-electron chi connectivity index (χ1n) is 28.4. The molecule has 0 aliphatic heterocycles. The summed E-state index contributed by atoms with van der Waals surface area (Å²) in [6.07, 6.45) is 5.93. The summed E-state index contributed by atoms with van der Waals surface area (Å²) in [5.74, 6) is 1.29. The molecule has 0 aliphatic rings. The minimum atomic E-state index is -0.434. The van der Waals surface area contributed by atoms with Gasteiger partial charge in [0.05, 0.1) is 37.4 Å². The van der Waals surface area contributed by atoms with E-state index >= 15 is 0 Å². The zero-order valence-corrected chi connectivity index (χ0v) is 53.5. The first kappa shape index (κ1) is 75.4. The summed E-state index contributed by atoms with van der Waals surface area (Å²) in [7, 11) is 3.01. The molecule has 0 radical (unpaired) electrons. The number of ketones is 6. The highest BCUT2D eigenvalue weighted by atomic mass is 32.2. The van der Waals surface area contributed by atoms with Crippen molar-refractivity contribution in [2.75, 3.05) is 14.2 Å². The number of halogens is 2. The van der Waals surface area contributed by atoms with E-state index in [4.69, 9.17) is 9.07 Å². The molecule has 0 spiro atoms. The molecule has 0 aliphatic carbocycles. The van der Waals surface area contributed by atoms with Crippen molar-refractivity contribution in [2.45, 2.75) is 115 Å². The second-order valence-electron chi connectivity index (χ2n) is 21.6. The maximum absolute atomic E-state index is 13.0. The van der Waals surface area contributed by atoms with Crippen LogP contribution in [0.3, 0.4) is 0 Å². The Morgan fingerprint density at radius 1 is 0.459 bits per heavy atom. The molecule has 85 heavy (non-hydrogen) atoms. The van der Waals surface area contributed by atoms with Crippen LogP contribution in [0.1, 0.15) is 170 Å². The molecule has 0 saturated carbocycles. The van der Waals surface area contributed by atoms with E-state index < -0.39 is 5.82 Å². The van der Waals surface area contributed by atoms with Crippen LogP contribution in [-0.2, 0) is 15.6 Å². The number of carbonyl (C=O) groups is 6. The molecule has 7 rings (SSSR count). The number of carbonyl (C=O) groups excluding carboxylic acids is 6. The van der Waals surface area contributed by atoms with Crippen molar-refractivity contribution in [2.24, 2.45) is 41.4 Å². The molecule has 7 aromatic rings. The van der Waals surface area contributed by atoms with Gasteiger partial charge in [-0.2, -0.15) is 4.33 Å². The first-order chi connectivity index (χ1) is 40.2. The number of nitrogens with zero attached hydrogens (tertiary/aromatic N) is 2. The van der Waals surface area contributed by atoms with Crippen LogP contribution in [0.25, 0.3) is 0 Å². The molecule has 2 aromatic heterocycles. The molecule has 0 saturated heterocycles. The zero-order valence-electron chi connectivity index (χ0n) is 52.6. The smallest absolute Gasteiger partial charge is 0.183 e. The molecule has 0 atom stereocenters. The quantitative estimate of drug-likeness (QED) is 0.0347. The van der Waals surface area contributed by atoms with E-state index in [0.29, 0.717) is 34.1 Å². The van der Waals surface area contributed by atoms with Gasteiger partial charge in [0.15, 0.2) is 34.7 Å². The summed E-state index contributed by atoms with van der Waals surface area (Å²) < 4.78 is 35.3. The van der Waals surface area contributed by atoms with Crippen molar-refractivity contribution < 1.29 is 51.5 Å². The lowest BCUT2D eigenvalue weighted by Gasteiger charge is -2.08. The van der Waals surface area contributed by atoms with Crippen molar-refractivity contribution in [1.29, 1.82) is 0 Å². The van der Waals surface area contributed by atoms with Crippen molar-refractivity contribution in [3.05, 3.63) is 227 Å². The maximum atomic E-state index is 13.0. The molecule has 5 aromatic carbocycles. The normalized spacial score (nSPS) is 10.3. The molecule has 14 heteroatoms. The summed E-state index contributed by atoms with van der Waals surface area (Å²) in [6.45, 7) is 28.7. The fraction of sp³-hybridized carbons (Fsp3) is 0.352. The third-order valence-corrected chi connectivity index (χ3v) is 12.6. The number of ether oxygens (including phenoxy) is 1. The highest BCUT2D eigenvalue weighted by Gasteiger charge is 2.17. The van der Waals surface area contributed by atoms with Crippen molar-refractivity contribution in [3.63, 3.8) is 0 Å². The molecule has 0 N–H and O–H groups in total. The Morgan fingerprint density at radius 2 is 0.918 bits per heavy atom. The SMILES string of the molecule is CC(C)C(=O)c1ccccc1F.CC(C)C(=O)c1ccccn1.CC(C)C(=O)c1cccnc1.CC(C)Cc1ccc(F)cc1.COOSc1ccccc1C(=O)C(C)C.COc1ccccc1C(=O)C(C)C.Cc1ccccc1C(=O)C(C)C. The van der Waals surface area contributed by atoms with Gasteiger partial charge in [0.1, 0.15) is 23.1 Å². The number of hydrogen-bond donors (Lipinski definition) is 0. The Labute approximate surface area is 508 Å². The zero-order chi connectivity index (χ0) is 64.2. The van der Waals surface area contributed by atoms with E-state index in [-0.39, 0.29) is 81.6 Å². The largest absolute Gasteiger partial charge is 0.496 e. The van der Waals surface area contributed by atoms with Crippen LogP contribution in [0.5, 0.6) is 5.75 Å². The third kappa shape index (κ3) is 29.1. The average Bonchev–Trinajstić information content (AvgIpc) is 3.69. The van der Waals surface area contributed by atoms with E-state index in [1.54, 1.807) is 94.1 Å². The minimum absolute atomic E-state index is 0.0105. The average molecular weight is 1180 g/mol. The number of rotatable bonds is 18. The van der Waals surface area contributed by atoms with Crippen LogP contribution in [0, 0.1) is 60.0 Å². The standard InChI is InChI=1S/C11H14O3S.C11H14O2.C11H14O.C10H11FO.C10H13F.2C9H11NO/c1-8(2)11(12)9-6-4-5-7-10(9)15-14-13-3;1-8(2)11(12)9-6-4-5-7-10(9)13-3;1-8(2)11(12)10-7-5-4-6-9(10)3;1-7(2)10(12)8-5-3-4-6-9(8)11;1-8(2)7-9-3-5-10(11)6-4-9;1-7(2)9(11)8-4-3-5-10-6-8;1-7(2)9(11)8-5-3-4-6-10-8/h4-8H,1-3H3;4-8H,1-3H3;4-8H,1-3H3;3-7H,1-2H3;3-6,8H,7H2,1-2H3;2*3-7H,1-2H3. The fourth-order valence-corrected chi connectivity index (χ4v) is 7.69. The molecule has 0 fully saturated rings. The van der Waals surface area contributed by atoms with Gasteiger partial charge >= 0.3 is 0 Å². The Hall–Kier alpha value is -7.65. The van der Waals surface area contributed by atoms with Crippen LogP contribution < -0.4 is 4.74 Å². The lowest BCUT2D eigenvalue weighted by atomic mass is 9.97. The van der Waals surface area contributed by atoms with Gasteiger partial charge in [0.25, 0.3) is 0 Å². The molecule has 0 unspecified atom stereocenters. The lowest BCUT2D eigenvalue weighted by Crippen LogP contribution is -2.09. The second kappa shape index (κ2) is 41.4. The van der Waals surface area contributed by atoms with Gasteiger partial charge in [-0.05, 0) is 97.1 Å². The number of aromatic nitrogens is 2. The molecule has 0 amide bonds. The van der Waals surface area contributed by atoms with Gasteiger partial charge in [0.2, 0.25) is 0 Å². The molecule has 11 nitrogen and oxygen atoms in total. The van der Waals surface area contributed by atoms with Gasteiger partial charge in [-0.25, -0.2) is 13.7 Å². The highest BCUT2D eigenvalue weighted by molar-refractivity contribution is 7.94. The lowest BCUT2D eigenvalue weighted by molar-refractivity contribution is -0.160. The van der Waals surface area contributed by atoms with Crippen molar-refractivity contribution in [1.82, 2.24) is 9.97 Å². The Balaban J connectivity index is 0.000000497. The Morgan fingerprint density at radius 3 is 1.39 bits per heavy atom. The third-order valence-electron chi connectivity index (χ3n) is 11.8. The Bertz CT molecular complexity index is 2970. The van der Waals surface area contributed by atoms with Gasteiger partial charge < -0.3 is 4.74 Å². The number of pyridine rings is 2. The number of Topliss-reactive ketones (excluding diaryl/α,β-unsaturated/α-hetero) is 6. The van der Waals surface area contributed by atoms with E-state index in [2.05, 4.69) is 28.7 Å². The fourth-order valence-electron chi connectivity index (χ4n) is 7.15. The molecular formula is C71H88F2N2O9S. The summed E-state index contributed by atoms with van der Waals surface area (Å²) in [6, 6.07) is 44.0. The van der Waals surface area contributed by atoms with E-state index in [0.717, 1.165) is 34.5 Å². The van der Waals surface area contributed by atoms with Crippen LogP contribution in [-0.4, -0.2) is 58.9 Å². The van der Waals surface area contributed by atoms with Gasteiger partial charge in [-0.1, -0.05) is 182 Å². The number of benzene rings is 5. The van der Waals surface area contributed by atoms with Gasteiger partial charge in [-0.3, -0.25) is 38.7 Å². The predicted octanol–water partition coefficient (Wildman–Crippen LogP) is 18.0. The summed E-state index contributed by atoms with van der Waals surface area (Å²) in [5, 5.41) is 0. The molecule has 0 bridgehead atoms. The number of aryl methyl sites for hydroxylation is 1. The van der Waals surface area contributed by atoms with Crippen LogP contribution in [0.2, 0.25) is 0 Å². The topological polar surface area (TPSA) is 156 Å². The monoisotopic (exact) mass is 1180 g/mol. The van der Waals surface area contributed by atoms with Crippen LogP contribution in [0.4, 0.5) is 8.78 Å². The molecule has 2 heterocycles. The molecule has 456 valence electrons. The number of para-hydroxylation sites is 1. The van der Waals surface area contributed by atoms with E-state index in [9.17, 15) is 37.5 Å². The molecular weight excluding hydrogens is 1090 g/mol. The minimum Gasteiger partial charge on any atom is -0.496 e. The summed E-state index contributed by atoms with van der Waals surface area (Å²) in [5.41, 5.74) is 5.91.